The lowest BCUT2D eigenvalue weighted by Crippen LogP contribution is -2.44. The molecule has 1 aliphatic heterocycles. The zero-order valence-electron chi connectivity index (χ0n) is 12.4. The number of morpholine rings is 1. The maximum atomic E-state index is 11.8. The predicted molar refractivity (Wildman–Crippen MR) is 74.3 cm³/mol. The lowest BCUT2D eigenvalue weighted by molar-refractivity contribution is -0.130. The van der Waals surface area contributed by atoms with Crippen molar-refractivity contribution in [3.63, 3.8) is 0 Å². The molecule has 1 fully saturated rings. The van der Waals surface area contributed by atoms with Crippen molar-refractivity contribution in [3.8, 4) is 0 Å². The molecule has 0 spiro atoms. The van der Waals surface area contributed by atoms with Gasteiger partial charge in [-0.2, -0.15) is 0 Å². The molecule has 1 heterocycles. The Balaban J connectivity index is 2.32. The third-order valence-corrected chi connectivity index (χ3v) is 3.31. The standard InChI is InChI=1S/C13H27N3O3/c1-14(2)13(17)12-16(6-9-18-3)5-4-15-7-10-19-11-8-15/h4-12H2,1-3H3. The number of amides is 1. The summed E-state index contributed by atoms with van der Waals surface area (Å²) in [6.45, 7) is 7.38. The van der Waals surface area contributed by atoms with Crippen molar-refractivity contribution in [1.82, 2.24) is 14.7 Å². The van der Waals surface area contributed by atoms with Crippen molar-refractivity contribution in [2.24, 2.45) is 0 Å². The second kappa shape index (κ2) is 9.25. The highest BCUT2D eigenvalue weighted by molar-refractivity contribution is 5.77. The van der Waals surface area contributed by atoms with Gasteiger partial charge in [0.15, 0.2) is 0 Å². The second-order valence-electron chi connectivity index (χ2n) is 5.01. The summed E-state index contributed by atoms with van der Waals surface area (Å²) >= 11 is 0. The fourth-order valence-electron chi connectivity index (χ4n) is 1.93. The van der Waals surface area contributed by atoms with Gasteiger partial charge >= 0.3 is 0 Å². The number of methoxy groups -OCH3 is 1. The number of likely N-dealkylation sites (N-methyl/N-ethyl adjacent to an activating group) is 1. The van der Waals surface area contributed by atoms with Crippen molar-refractivity contribution in [1.29, 1.82) is 0 Å². The Hall–Kier alpha value is -0.690. The Kier molecular flexibility index (Phi) is 7.97. The van der Waals surface area contributed by atoms with E-state index in [9.17, 15) is 4.79 Å². The molecule has 19 heavy (non-hydrogen) atoms. The summed E-state index contributed by atoms with van der Waals surface area (Å²) in [5.41, 5.74) is 0. The summed E-state index contributed by atoms with van der Waals surface area (Å²) in [6, 6.07) is 0. The quantitative estimate of drug-likeness (QED) is 0.588. The fourth-order valence-corrected chi connectivity index (χ4v) is 1.93. The van der Waals surface area contributed by atoms with E-state index in [0.717, 1.165) is 45.9 Å². The number of ether oxygens (including phenoxy) is 2. The fraction of sp³-hybridized carbons (Fsp3) is 0.923. The van der Waals surface area contributed by atoms with Crippen LogP contribution in [0.1, 0.15) is 0 Å². The topological polar surface area (TPSA) is 45.3 Å². The van der Waals surface area contributed by atoms with Gasteiger partial charge in [-0.05, 0) is 0 Å². The molecule has 0 aliphatic carbocycles. The molecule has 0 unspecified atom stereocenters. The van der Waals surface area contributed by atoms with E-state index < -0.39 is 0 Å². The normalized spacial score (nSPS) is 16.8. The van der Waals surface area contributed by atoms with Crippen LogP contribution in [-0.4, -0.2) is 101 Å². The molecular weight excluding hydrogens is 246 g/mol. The van der Waals surface area contributed by atoms with Gasteiger partial charge in [0.25, 0.3) is 0 Å². The predicted octanol–water partition coefficient (Wildman–Crippen LogP) is -0.645. The van der Waals surface area contributed by atoms with Crippen LogP contribution in [-0.2, 0) is 14.3 Å². The molecule has 6 nitrogen and oxygen atoms in total. The van der Waals surface area contributed by atoms with Gasteiger partial charge in [-0.25, -0.2) is 0 Å². The summed E-state index contributed by atoms with van der Waals surface area (Å²) in [7, 11) is 5.27. The summed E-state index contributed by atoms with van der Waals surface area (Å²) < 4.78 is 10.4. The zero-order valence-corrected chi connectivity index (χ0v) is 12.4. The Morgan fingerprint density at radius 1 is 1.26 bits per heavy atom. The smallest absolute Gasteiger partial charge is 0.236 e. The Bertz CT molecular complexity index is 256. The lowest BCUT2D eigenvalue weighted by atomic mass is 10.3. The van der Waals surface area contributed by atoms with Gasteiger partial charge in [0.2, 0.25) is 5.91 Å². The van der Waals surface area contributed by atoms with Crippen LogP contribution >= 0.6 is 0 Å². The molecule has 0 saturated carbocycles. The van der Waals surface area contributed by atoms with Gasteiger partial charge < -0.3 is 14.4 Å². The van der Waals surface area contributed by atoms with Crippen LogP contribution in [0.2, 0.25) is 0 Å². The van der Waals surface area contributed by atoms with Crippen molar-refractivity contribution >= 4 is 5.91 Å². The highest BCUT2D eigenvalue weighted by Crippen LogP contribution is 1.98. The largest absolute Gasteiger partial charge is 0.383 e. The van der Waals surface area contributed by atoms with Gasteiger partial charge in [-0.1, -0.05) is 0 Å². The van der Waals surface area contributed by atoms with Crippen LogP contribution in [0, 0.1) is 0 Å². The van der Waals surface area contributed by atoms with E-state index in [2.05, 4.69) is 9.80 Å². The molecule has 6 heteroatoms. The molecule has 0 atom stereocenters. The van der Waals surface area contributed by atoms with E-state index in [-0.39, 0.29) is 5.91 Å². The maximum absolute atomic E-state index is 11.8. The van der Waals surface area contributed by atoms with Gasteiger partial charge in [-0.3, -0.25) is 14.6 Å². The molecule has 0 aromatic heterocycles. The molecule has 0 N–H and O–H groups in total. The number of hydrogen-bond donors (Lipinski definition) is 0. The Morgan fingerprint density at radius 2 is 1.95 bits per heavy atom. The van der Waals surface area contributed by atoms with Gasteiger partial charge in [0.1, 0.15) is 0 Å². The Labute approximate surface area is 116 Å². The van der Waals surface area contributed by atoms with E-state index in [1.54, 1.807) is 26.1 Å². The SMILES string of the molecule is COCCN(CCN1CCOCC1)CC(=O)N(C)C. The summed E-state index contributed by atoms with van der Waals surface area (Å²) in [5.74, 6) is 0.137. The van der Waals surface area contributed by atoms with Gasteiger partial charge in [0, 0.05) is 53.9 Å². The van der Waals surface area contributed by atoms with Crippen LogP contribution in [0.4, 0.5) is 0 Å². The monoisotopic (exact) mass is 273 g/mol. The minimum Gasteiger partial charge on any atom is -0.383 e. The molecular formula is C13H27N3O3. The molecule has 0 radical (unpaired) electrons. The van der Waals surface area contributed by atoms with Crippen molar-refractivity contribution < 1.29 is 14.3 Å². The first-order valence-electron chi connectivity index (χ1n) is 6.85. The first-order chi connectivity index (χ1) is 9.13. The summed E-state index contributed by atoms with van der Waals surface area (Å²) in [6.07, 6.45) is 0. The Morgan fingerprint density at radius 3 is 2.53 bits per heavy atom. The van der Waals surface area contributed by atoms with Crippen molar-refractivity contribution in [2.75, 3.05) is 80.3 Å². The summed E-state index contributed by atoms with van der Waals surface area (Å²) in [5, 5.41) is 0. The average molecular weight is 273 g/mol. The molecule has 1 amide bonds. The summed E-state index contributed by atoms with van der Waals surface area (Å²) in [4.78, 5) is 17.9. The van der Waals surface area contributed by atoms with Crippen molar-refractivity contribution in [2.45, 2.75) is 0 Å². The van der Waals surface area contributed by atoms with Crippen molar-refractivity contribution in [3.05, 3.63) is 0 Å². The van der Waals surface area contributed by atoms with Gasteiger partial charge in [0.05, 0.1) is 26.4 Å². The van der Waals surface area contributed by atoms with E-state index >= 15 is 0 Å². The minimum absolute atomic E-state index is 0.137. The first kappa shape index (κ1) is 16.4. The second-order valence-corrected chi connectivity index (χ2v) is 5.01. The zero-order chi connectivity index (χ0) is 14.1. The molecule has 1 rings (SSSR count). The number of rotatable bonds is 8. The molecule has 0 aromatic rings. The van der Waals surface area contributed by atoms with E-state index in [1.807, 2.05) is 0 Å². The molecule has 0 bridgehead atoms. The molecule has 112 valence electrons. The number of carbonyl (C=O) groups excluding carboxylic acids is 1. The third-order valence-electron chi connectivity index (χ3n) is 3.31. The molecule has 1 saturated heterocycles. The van der Waals surface area contributed by atoms with Crippen LogP contribution in [0.25, 0.3) is 0 Å². The molecule has 1 aliphatic rings. The molecule has 0 aromatic carbocycles. The highest BCUT2D eigenvalue weighted by atomic mass is 16.5. The maximum Gasteiger partial charge on any atom is 0.236 e. The van der Waals surface area contributed by atoms with Crippen LogP contribution in [0.5, 0.6) is 0 Å². The van der Waals surface area contributed by atoms with E-state index in [4.69, 9.17) is 9.47 Å². The number of carbonyl (C=O) groups is 1. The number of hydrogen-bond acceptors (Lipinski definition) is 5. The minimum atomic E-state index is 0.137. The van der Waals surface area contributed by atoms with Crippen LogP contribution in [0.3, 0.4) is 0 Å². The van der Waals surface area contributed by atoms with E-state index in [1.165, 1.54) is 0 Å². The van der Waals surface area contributed by atoms with Crippen LogP contribution < -0.4 is 0 Å². The average Bonchev–Trinajstić information content (AvgIpc) is 2.42. The number of nitrogens with zero attached hydrogens (tertiary/aromatic N) is 3. The first-order valence-corrected chi connectivity index (χ1v) is 6.85. The third kappa shape index (κ3) is 6.87. The highest BCUT2D eigenvalue weighted by Gasteiger charge is 2.15. The lowest BCUT2D eigenvalue weighted by Gasteiger charge is -2.30. The van der Waals surface area contributed by atoms with Crippen LogP contribution in [0.15, 0.2) is 0 Å². The van der Waals surface area contributed by atoms with E-state index in [0.29, 0.717) is 13.2 Å². The van der Waals surface area contributed by atoms with Gasteiger partial charge in [-0.15, -0.1) is 0 Å².